The molecule has 1 heterocycles. The van der Waals surface area contributed by atoms with E-state index in [1.54, 1.807) is 29.1 Å². The van der Waals surface area contributed by atoms with Gasteiger partial charge < -0.3 is 14.1 Å². The van der Waals surface area contributed by atoms with E-state index >= 15 is 0 Å². The first kappa shape index (κ1) is 29.8. The molecular weight excluding hydrogens is 557 g/mol. The highest BCUT2D eigenvalue weighted by Crippen LogP contribution is 2.44. The number of carbonyl (C=O) groups is 1. The number of thioether (sulfide) groups is 1. The van der Waals surface area contributed by atoms with Gasteiger partial charge in [0.1, 0.15) is 0 Å². The largest absolute Gasteiger partial charge is 0.465 e. The zero-order chi connectivity index (χ0) is 28.8. The number of fused-ring (bicyclic) bond motifs is 3. The van der Waals surface area contributed by atoms with Crippen LogP contribution in [0.3, 0.4) is 0 Å². The van der Waals surface area contributed by atoms with Gasteiger partial charge in [-0.2, -0.15) is 0 Å². The van der Waals surface area contributed by atoms with Crippen LogP contribution in [0.25, 0.3) is 21.6 Å². The van der Waals surface area contributed by atoms with Crippen molar-refractivity contribution in [2.45, 2.75) is 56.3 Å². The lowest BCUT2D eigenvalue weighted by atomic mass is 9.96. The van der Waals surface area contributed by atoms with E-state index in [1.165, 1.54) is 22.3 Å². The highest BCUT2D eigenvalue weighted by molar-refractivity contribution is 8.00. The third kappa shape index (κ3) is 7.73. The van der Waals surface area contributed by atoms with Crippen molar-refractivity contribution in [1.29, 1.82) is 0 Å². The molecule has 1 aliphatic rings. The van der Waals surface area contributed by atoms with Crippen molar-refractivity contribution in [3.8, 4) is 11.1 Å². The smallest absolute Gasteiger partial charge is 0.407 e. The molecule has 2 aromatic carbocycles. The van der Waals surface area contributed by atoms with Crippen LogP contribution < -0.4 is 0 Å². The number of aromatic nitrogens is 2. The summed E-state index contributed by atoms with van der Waals surface area (Å²) >= 11 is 1.59. The number of hydrogen-bond donors (Lipinski definition) is 1. The van der Waals surface area contributed by atoms with Gasteiger partial charge in [0, 0.05) is 41.7 Å². The molecule has 0 unspecified atom stereocenters. The lowest BCUT2D eigenvalue weighted by Crippen LogP contribution is -2.46. The van der Waals surface area contributed by atoms with Crippen molar-refractivity contribution in [3.63, 3.8) is 0 Å². The summed E-state index contributed by atoms with van der Waals surface area (Å²) in [7, 11) is -4.04. The Balaban J connectivity index is 1.31. The second kappa shape index (κ2) is 13.0. The lowest BCUT2D eigenvalue weighted by molar-refractivity contribution is 0.143. The van der Waals surface area contributed by atoms with Gasteiger partial charge >= 0.3 is 6.09 Å². The standard InChI is InChI=1S/C28H36N6O3SSi2/c1-39(2,37-40(3,4)20-38-27-30-16-21(17-31-27)18-32-33-29)15-9-14-34(28(35)36)19-26-24-12-7-5-10-22(24)23-11-6-8-13-25(23)26/h5-8,10-13,16-17,26H,9,14-15,18-20H2,1-4H3,(H,35,36). The number of azide groups is 1. The van der Waals surface area contributed by atoms with Gasteiger partial charge in [0.15, 0.2) is 21.8 Å². The second-order valence-corrected chi connectivity index (χ2v) is 21.4. The summed E-state index contributed by atoms with van der Waals surface area (Å²) in [5, 5.41) is 15.1. The Hall–Kier alpha value is -3.16. The Morgan fingerprint density at radius 3 is 2.23 bits per heavy atom. The zero-order valence-electron chi connectivity index (χ0n) is 23.4. The molecule has 12 heteroatoms. The number of carboxylic acid groups (broad SMARTS) is 1. The number of nitrogens with zero attached hydrogens (tertiary/aromatic N) is 6. The van der Waals surface area contributed by atoms with E-state index in [-0.39, 0.29) is 12.5 Å². The first-order chi connectivity index (χ1) is 19.1. The maximum atomic E-state index is 12.3. The molecule has 0 saturated carbocycles. The van der Waals surface area contributed by atoms with Crippen molar-refractivity contribution in [2.24, 2.45) is 5.11 Å². The maximum Gasteiger partial charge on any atom is 0.407 e. The summed E-state index contributed by atoms with van der Waals surface area (Å²) in [6.45, 7) is 10.1. The molecule has 0 fully saturated rings. The Kier molecular flexibility index (Phi) is 9.70. The van der Waals surface area contributed by atoms with Gasteiger partial charge in [0.25, 0.3) is 0 Å². The SMILES string of the molecule is C[Si](C)(CCCN(CC1c2ccccc2-c2ccccc21)C(=O)O)O[Si](C)(C)CSc1ncc(CN=[N+]=[N-])cn1. The molecule has 0 saturated heterocycles. The normalized spacial score (nSPS) is 12.9. The molecule has 210 valence electrons. The second-order valence-electron chi connectivity index (χ2n) is 11.2. The van der Waals surface area contributed by atoms with E-state index in [1.807, 2.05) is 24.3 Å². The molecule has 1 aliphatic carbocycles. The highest BCUT2D eigenvalue weighted by Gasteiger charge is 2.34. The molecule has 40 heavy (non-hydrogen) atoms. The first-order valence-electron chi connectivity index (χ1n) is 13.4. The fraction of sp³-hybridized carbons (Fsp3) is 0.393. The molecule has 0 aliphatic heterocycles. The van der Waals surface area contributed by atoms with Gasteiger partial charge in [-0.05, 0) is 72.0 Å². The molecule has 4 rings (SSSR count). The summed E-state index contributed by atoms with van der Waals surface area (Å²) in [4.78, 5) is 25.3. The predicted octanol–water partition coefficient (Wildman–Crippen LogP) is 7.53. The van der Waals surface area contributed by atoms with Crippen molar-refractivity contribution in [2.75, 3.05) is 18.5 Å². The first-order valence-corrected chi connectivity index (χ1v) is 20.6. The summed E-state index contributed by atoms with van der Waals surface area (Å²) in [6, 6.07) is 17.5. The molecule has 3 aromatic rings. The van der Waals surface area contributed by atoms with Gasteiger partial charge in [-0.25, -0.2) is 14.8 Å². The minimum atomic E-state index is -2.02. The summed E-state index contributed by atoms with van der Waals surface area (Å²) < 4.78 is 6.77. The molecular formula is C28H36N6O3SSi2. The minimum Gasteiger partial charge on any atom is -0.465 e. The maximum absolute atomic E-state index is 12.3. The van der Waals surface area contributed by atoms with Gasteiger partial charge in [-0.3, -0.25) is 0 Å². The Morgan fingerprint density at radius 2 is 1.65 bits per heavy atom. The van der Waals surface area contributed by atoms with Crippen LogP contribution in [-0.4, -0.2) is 61.2 Å². The van der Waals surface area contributed by atoms with Crippen molar-refractivity contribution in [1.82, 2.24) is 14.9 Å². The fourth-order valence-corrected chi connectivity index (χ4v) is 15.6. The number of amides is 1. The van der Waals surface area contributed by atoms with E-state index in [4.69, 9.17) is 9.65 Å². The van der Waals surface area contributed by atoms with Crippen LogP contribution in [-0.2, 0) is 10.7 Å². The fourth-order valence-electron chi connectivity index (χ4n) is 5.32. The molecule has 1 aromatic heterocycles. The van der Waals surface area contributed by atoms with Gasteiger partial charge in [-0.1, -0.05) is 65.4 Å². The summed E-state index contributed by atoms with van der Waals surface area (Å²) in [6.07, 6.45) is 3.28. The van der Waals surface area contributed by atoms with Crippen LogP contribution in [0.5, 0.6) is 0 Å². The van der Waals surface area contributed by atoms with E-state index in [9.17, 15) is 9.90 Å². The Bertz CT molecular complexity index is 1340. The minimum absolute atomic E-state index is 0.0451. The van der Waals surface area contributed by atoms with E-state index in [0.29, 0.717) is 18.2 Å². The van der Waals surface area contributed by atoms with E-state index in [2.05, 4.69) is 70.4 Å². The Labute approximate surface area is 241 Å². The number of rotatable bonds is 13. The average Bonchev–Trinajstić information content (AvgIpc) is 3.23. The van der Waals surface area contributed by atoms with Crippen LogP contribution in [0.2, 0.25) is 32.2 Å². The zero-order valence-corrected chi connectivity index (χ0v) is 26.3. The number of hydrogen-bond acceptors (Lipinski definition) is 6. The average molecular weight is 593 g/mol. The molecule has 9 nitrogen and oxygen atoms in total. The van der Waals surface area contributed by atoms with Gasteiger partial charge in [-0.15, -0.1) is 0 Å². The number of benzene rings is 2. The van der Waals surface area contributed by atoms with Gasteiger partial charge in [0.05, 0.1) is 6.54 Å². The molecule has 0 atom stereocenters. The van der Waals surface area contributed by atoms with Crippen LogP contribution in [0, 0.1) is 0 Å². The van der Waals surface area contributed by atoms with E-state index < -0.39 is 22.7 Å². The van der Waals surface area contributed by atoms with Crippen LogP contribution >= 0.6 is 11.8 Å². The topological polar surface area (TPSA) is 124 Å². The van der Waals surface area contributed by atoms with Crippen LogP contribution in [0.1, 0.15) is 29.0 Å². The van der Waals surface area contributed by atoms with Crippen LogP contribution in [0.15, 0.2) is 71.2 Å². The van der Waals surface area contributed by atoms with Crippen molar-refractivity contribution >= 4 is 34.5 Å². The molecule has 1 amide bonds. The summed E-state index contributed by atoms with van der Waals surface area (Å²) in [5.74, 6) is 0.0451. The van der Waals surface area contributed by atoms with Crippen molar-refractivity contribution < 1.29 is 14.0 Å². The summed E-state index contributed by atoms with van der Waals surface area (Å²) in [5.41, 5.74) is 14.0. The van der Waals surface area contributed by atoms with Crippen LogP contribution in [0.4, 0.5) is 4.79 Å². The third-order valence-electron chi connectivity index (χ3n) is 6.94. The monoisotopic (exact) mass is 592 g/mol. The predicted molar refractivity (Wildman–Crippen MR) is 164 cm³/mol. The third-order valence-corrected chi connectivity index (χ3v) is 16.7. The Morgan fingerprint density at radius 1 is 1.05 bits per heavy atom. The molecule has 0 radical (unpaired) electrons. The lowest BCUT2D eigenvalue weighted by Gasteiger charge is -2.34. The van der Waals surface area contributed by atoms with Gasteiger partial charge in [0.2, 0.25) is 0 Å². The highest BCUT2D eigenvalue weighted by atomic mass is 32.2. The molecule has 0 bridgehead atoms. The molecule has 1 N–H and O–H groups in total. The molecule has 0 spiro atoms. The quantitative estimate of drug-likeness (QED) is 0.0546. The van der Waals surface area contributed by atoms with E-state index in [0.717, 1.165) is 23.4 Å². The van der Waals surface area contributed by atoms with Crippen molar-refractivity contribution in [3.05, 3.63) is 88.1 Å².